The van der Waals surface area contributed by atoms with Gasteiger partial charge in [-0.25, -0.2) is 0 Å². The fourth-order valence-electron chi connectivity index (χ4n) is 3.11. The average molecular weight is 344 g/mol. The van der Waals surface area contributed by atoms with Crippen molar-refractivity contribution in [1.29, 1.82) is 0 Å². The molecule has 0 aromatic heterocycles. The minimum Gasteiger partial charge on any atom is -0.487 e. The molecule has 126 valence electrons. The van der Waals surface area contributed by atoms with Gasteiger partial charge in [-0.2, -0.15) is 0 Å². The van der Waals surface area contributed by atoms with E-state index in [2.05, 4.69) is 19.2 Å². The lowest BCUT2D eigenvalue weighted by atomic mass is 9.89. The molecule has 1 N–H and O–H groups in total. The summed E-state index contributed by atoms with van der Waals surface area (Å²) in [6, 6.07) is 15.5. The molecule has 0 spiro atoms. The summed E-state index contributed by atoms with van der Waals surface area (Å²) in [6.07, 6.45) is 1.93. The first-order valence-corrected chi connectivity index (χ1v) is 8.62. The molecule has 0 saturated heterocycles. The molecular weight excluding hydrogens is 322 g/mol. The molecular formula is C20H22ClNO2. The minimum atomic E-state index is -0.289. The second-order valence-electron chi connectivity index (χ2n) is 6.85. The SMILES string of the molecule is CC1(C)C[C@H](NC(=O)CCc2ccc(Cl)cc2)c2ccccc2O1. The van der Waals surface area contributed by atoms with E-state index in [4.69, 9.17) is 16.3 Å². The Balaban J connectivity index is 1.64. The summed E-state index contributed by atoms with van der Waals surface area (Å²) in [5, 5.41) is 3.88. The monoisotopic (exact) mass is 343 g/mol. The fraction of sp³-hybridized carbons (Fsp3) is 0.350. The highest BCUT2D eigenvalue weighted by Crippen LogP contribution is 2.39. The Morgan fingerprint density at radius 3 is 2.67 bits per heavy atom. The Hall–Kier alpha value is -2.00. The van der Waals surface area contributed by atoms with E-state index in [1.165, 1.54) is 0 Å². The van der Waals surface area contributed by atoms with Crippen LogP contribution in [0.3, 0.4) is 0 Å². The predicted octanol–water partition coefficient (Wildman–Crippen LogP) is 4.69. The Labute approximate surface area is 148 Å². The number of aryl methyl sites for hydroxylation is 1. The lowest BCUT2D eigenvalue weighted by Crippen LogP contribution is -2.41. The number of nitrogens with one attached hydrogen (secondary N) is 1. The number of rotatable bonds is 4. The van der Waals surface area contributed by atoms with Gasteiger partial charge in [-0.05, 0) is 44.0 Å². The lowest BCUT2D eigenvalue weighted by Gasteiger charge is -2.37. The smallest absolute Gasteiger partial charge is 0.220 e. The van der Waals surface area contributed by atoms with Gasteiger partial charge in [-0.15, -0.1) is 0 Å². The van der Waals surface area contributed by atoms with Crippen molar-refractivity contribution in [2.45, 2.75) is 44.8 Å². The van der Waals surface area contributed by atoms with Crippen molar-refractivity contribution in [3.63, 3.8) is 0 Å². The quantitative estimate of drug-likeness (QED) is 0.874. The molecule has 0 bridgehead atoms. The Bertz CT molecular complexity index is 725. The molecule has 1 atom stereocenters. The third-order valence-corrected chi connectivity index (χ3v) is 4.52. The highest BCUT2D eigenvalue weighted by atomic mass is 35.5. The van der Waals surface area contributed by atoms with Gasteiger partial charge in [-0.1, -0.05) is 41.9 Å². The Morgan fingerprint density at radius 2 is 1.92 bits per heavy atom. The standard InChI is InChI=1S/C20H22ClNO2/c1-20(2)13-17(16-5-3-4-6-18(16)24-20)22-19(23)12-9-14-7-10-15(21)11-8-14/h3-8,10-11,17H,9,12-13H2,1-2H3,(H,22,23)/t17-/m0/s1. The Kier molecular flexibility index (Phi) is 4.81. The number of carbonyl (C=O) groups excluding carboxylic acids is 1. The molecule has 0 unspecified atom stereocenters. The zero-order chi connectivity index (χ0) is 17.2. The van der Waals surface area contributed by atoms with Gasteiger partial charge < -0.3 is 10.1 Å². The van der Waals surface area contributed by atoms with Crippen LogP contribution in [0.25, 0.3) is 0 Å². The van der Waals surface area contributed by atoms with E-state index in [0.29, 0.717) is 17.9 Å². The molecule has 0 fully saturated rings. The lowest BCUT2D eigenvalue weighted by molar-refractivity contribution is -0.122. The minimum absolute atomic E-state index is 0.0114. The molecule has 0 radical (unpaired) electrons. The number of hydrogen-bond donors (Lipinski definition) is 1. The largest absolute Gasteiger partial charge is 0.487 e. The van der Waals surface area contributed by atoms with Crippen LogP contribution in [0, 0.1) is 0 Å². The number of para-hydroxylation sites is 1. The van der Waals surface area contributed by atoms with E-state index in [-0.39, 0.29) is 17.6 Å². The first-order valence-electron chi connectivity index (χ1n) is 8.25. The van der Waals surface area contributed by atoms with Gasteiger partial charge in [0, 0.05) is 23.4 Å². The van der Waals surface area contributed by atoms with Crippen molar-refractivity contribution in [3.8, 4) is 5.75 Å². The second kappa shape index (κ2) is 6.86. The van der Waals surface area contributed by atoms with E-state index in [0.717, 1.165) is 23.3 Å². The summed E-state index contributed by atoms with van der Waals surface area (Å²) in [6.45, 7) is 4.10. The van der Waals surface area contributed by atoms with E-state index in [1.807, 2.05) is 48.5 Å². The zero-order valence-corrected chi connectivity index (χ0v) is 14.8. The first kappa shape index (κ1) is 16.8. The molecule has 3 nitrogen and oxygen atoms in total. The van der Waals surface area contributed by atoms with Crippen LogP contribution >= 0.6 is 11.6 Å². The molecule has 24 heavy (non-hydrogen) atoms. The second-order valence-corrected chi connectivity index (χ2v) is 7.29. The van der Waals surface area contributed by atoms with Gasteiger partial charge in [0.25, 0.3) is 0 Å². The summed E-state index contributed by atoms with van der Waals surface area (Å²) in [5.41, 5.74) is 1.88. The molecule has 0 aliphatic carbocycles. The molecule has 1 aliphatic heterocycles. The normalized spacial score (nSPS) is 18.4. The molecule has 4 heteroatoms. The number of hydrogen-bond acceptors (Lipinski definition) is 2. The van der Waals surface area contributed by atoms with Crippen LogP contribution in [0.2, 0.25) is 5.02 Å². The summed E-state index contributed by atoms with van der Waals surface area (Å²) >= 11 is 5.89. The van der Waals surface area contributed by atoms with Crippen molar-refractivity contribution in [1.82, 2.24) is 5.32 Å². The van der Waals surface area contributed by atoms with E-state index < -0.39 is 0 Å². The maximum absolute atomic E-state index is 12.4. The maximum atomic E-state index is 12.4. The van der Waals surface area contributed by atoms with Crippen LogP contribution in [0.5, 0.6) is 5.75 Å². The van der Waals surface area contributed by atoms with Crippen LogP contribution in [0.1, 0.15) is 43.9 Å². The van der Waals surface area contributed by atoms with Crippen molar-refractivity contribution in [3.05, 3.63) is 64.7 Å². The number of carbonyl (C=O) groups is 1. The average Bonchev–Trinajstić information content (AvgIpc) is 2.53. The number of amides is 1. The number of benzene rings is 2. The first-order chi connectivity index (χ1) is 11.4. The number of halogens is 1. The van der Waals surface area contributed by atoms with Crippen LogP contribution < -0.4 is 10.1 Å². The van der Waals surface area contributed by atoms with E-state index in [1.54, 1.807) is 0 Å². The predicted molar refractivity (Wildman–Crippen MR) is 96.4 cm³/mol. The number of ether oxygens (including phenoxy) is 1. The molecule has 3 rings (SSSR count). The van der Waals surface area contributed by atoms with Gasteiger partial charge in [0.2, 0.25) is 5.91 Å². The van der Waals surface area contributed by atoms with Crippen LogP contribution in [-0.2, 0) is 11.2 Å². The topological polar surface area (TPSA) is 38.3 Å². The highest BCUT2D eigenvalue weighted by molar-refractivity contribution is 6.30. The highest BCUT2D eigenvalue weighted by Gasteiger charge is 2.34. The Morgan fingerprint density at radius 1 is 1.21 bits per heavy atom. The number of fused-ring (bicyclic) bond motifs is 1. The van der Waals surface area contributed by atoms with Crippen LogP contribution in [0.15, 0.2) is 48.5 Å². The molecule has 1 heterocycles. The van der Waals surface area contributed by atoms with Gasteiger partial charge >= 0.3 is 0 Å². The van der Waals surface area contributed by atoms with Gasteiger partial charge in [0.1, 0.15) is 11.4 Å². The van der Waals surface area contributed by atoms with Crippen LogP contribution in [0.4, 0.5) is 0 Å². The van der Waals surface area contributed by atoms with Crippen LogP contribution in [-0.4, -0.2) is 11.5 Å². The molecule has 2 aromatic rings. The maximum Gasteiger partial charge on any atom is 0.220 e. The summed E-state index contributed by atoms with van der Waals surface area (Å²) in [5.74, 6) is 0.916. The third kappa shape index (κ3) is 4.09. The van der Waals surface area contributed by atoms with Gasteiger partial charge in [0.15, 0.2) is 0 Å². The summed E-state index contributed by atoms with van der Waals surface area (Å²) in [7, 11) is 0. The van der Waals surface area contributed by atoms with Crippen molar-refractivity contribution in [2.24, 2.45) is 0 Å². The molecule has 0 saturated carbocycles. The molecule has 1 amide bonds. The molecule has 2 aromatic carbocycles. The molecule has 1 aliphatic rings. The van der Waals surface area contributed by atoms with Crippen molar-refractivity contribution in [2.75, 3.05) is 0 Å². The van der Waals surface area contributed by atoms with Crippen molar-refractivity contribution < 1.29 is 9.53 Å². The third-order valence-electron chi connectivity index (χ3n) is 4.27. The van der Waals surface area contributed by atoms with Gasteiger partial charge in [-0.3, -0.25) is 4.79 Å². The van der Waals surface area contributed by atoms with Crippen molar-refractivity contribution >= 4 is 17.5 Å². The van der Waals surface area contributed by atoms with E-state index >= 15 is 0 Å². The zero-order valence-electron chi connectivity index (χ0n) is 14.0. The van der Waals surface area contributed by atoms with Gasteiger partial charge in [0.05, 0.1) is 6.04 Å². The fourth-order valence-corrected chi connectivity index (χ4v) is 3.23. The van der Waals surface area contributed by atoms with E-state index in [9.17, 15) is 4.79 Å². The summed E-state index contributed by atoms with van der Waals surface area (Å²) < 4.78 is 6.01. The summed E-state index contributed by atoms with van der Waals surface area (Å²) in [4.78, 5) is 12.4.